The Morgan fingerprint density at radius 3 is 2.71 bits per heavy atom. The van der Waals surface area contributed by atoms with Gasteiger partial charge in [0.05, 0.1) is 0 Å². The lowest BCUT2D eigenvalue weighted by Gasteiger charge is -1.98. The third-order valence-corrected chi connectivity index (χ3v) is 1.98. The highest BCUT2D eigenvalue weighted by Gasteiger charge is 2.06. The van der Waals surface area contributed by atoms with Crippen LogP contribution < -0.4 is 5.56 Å². The summed E-state index contributed by atoms with van der Waals surface area (Å²) in [5.41, 5.74) is -0.464. The van der Waals surface area contributed by atoms with Gasteiger partial charge >= 0.3 is 5.97 Å². The van der Waals surface area contributed by atoms with Gasteiger partial charge in [0.1, 0.15) is 5.69 Å². The van der Waals surface area contributed by atoms with E-state index in [1.165, 1.54) is 6.07 Å². The van der Waals surface area contributed by atoms with Gasteiger partial charge in [-0.1, -0.05) is 18.2 Å². The maximum Gasteiger partial charge on any atom is 0.352 e. The summed E-state index contributed by atoms with van der Waals surface area (Å²) in [5, 5.41) is 9.83. The van der Waals surface area contributed by atoms with E-state index in [1.807, 2.05) is 0 Å². The molecule has 70 valence electrons. The van der Waals surface area contributed by atoms with Crippen LogP contribution in [0.2, 0.25) is 0 Å². The number of carbonyl (C=O) groups is 1. The minimum absolute atomic E-state index is 0.0892. The molecule has 1 heterocycles. The zero-order valence-electron chi connectivity index (χ0n) is 7.15. The molecule has 0 bridgehead atoms. The molecule has 0 spiro atoms. The lowest BCUT2D eigenvalue weighted by Crippen LogP contribution is -2.12. The lowest BCUT2D eigenvalue weighted by molar-refractivity contribution is 0.0690. The van der Waals surface area contributed by atoms with E-state index in [0.29, 0.717) is 10.8 Å². The molecule has 2 aromatic rings. The number of aromatic amines is 1. The van der Waals surface area contributed by atoms with Crippen molar-refractivity contribution in [2.24, 2.45) is 0 Å². The fraction of sp³-hybridized carbons (Fsp3) is 0. The van der Waals surface area contributed by atoms with E-state index in [0.717, 1.165) is 0 Å². The molecule has 2 N–H and O–H groups in total. The standard InChI is InChI=1S/C10H7NO3/c12-9-7-4-2-1-3-6(7)5-8(11-9)10(13)14/h1-5H,(H,11,12)(H,13,14). The Hall–Kier alpha value is -2.10. The Balaban J connectivity index is 2.86. The zero-order chi connectivity index (χ0) is 10.1. The van der Waals surface area contributed by atoms with Crippen LogP contribution in [0.4, 0.5) is 0 Å². The van der Waals surface area contributed by atoms with Gasteiger partial charge in [-0.05, 0) is 17.5 Å². The van der Waals surface area contributed by atoms with Crippen molar-refractivity contribution in [3.63, 3.8) is 0 Å². The number of carboxylic acids is 1. The predicted octanol–water partition coefficient (Wildman–Crippen LogP) is 1.23. The van der Waals surface area contributed by atoms with Crippen LogP contribution in [0, 0.1) is 0 Å². The predicted molar refractivity (Wildman–Crippen MR) is 51.5 cm³/mol. The molecule has 0 aliphatic carbocycles. The topological polar surface area (TPSA) is 70.2 Å². The lowest BCUT2D eigenvalue weighted by atomic mass is 10.1. The van der Waals surface area contributed by atoms with Gasteiger partial charge in [0.25, 0.3) is 5.56 Å². The Bertz CT molecular complexity index is 557. The van der Waals surface area contributed by atoms with Gasteiger partial charge in [0, 0.05) is 5.39 Å². The highest BCUT2D eigenvalue weighted by Crippen LogP contribution is 2.09. The number of pyridine rings is 1. The van der Waals surface area contributed by atoms with Gasteiger partial charge in [-0.2, -0.15) is 0 Å². The molecule has 0 fully saturated rings. The normalized spacial score (nSPS) is 10.3. The minimum atomic E-state index is -1.13. The molecule has 0 saturated heterocycles. The average Bonchev–Trinajstić information content (AvgIpc) is 2.17. The monoisotopic (exact) mass is 189 g/mol. The second-order valence-corrected chi connectivity index (χ2v) is 2.90. The van der Waals surface area contributed by atoms with E-state index in [2.05, 4.69) is 4.98 Å². The maximum atomic E-state index is 11.4. The summed E-state index contributed by atoms with van der Waals surface area (Å²) in [7, 11) is 0. The molecule has 4 nitrogen and oxygen atoms in total. The van der Waals surface area contributed by atoms with Gasteiger partial charge in [-0.3, -0.25) is 4.79 Å². The van der Waals surface area contributed by atoms with Crippen LogP contribution in [0.25, 0.3) is 10.8 Å². The van der Waals surface area contributed by atoms with Crippen LogP contribution in [-0.2, 0) is 0 Å². The van der Waals surface area contributed by atoms with Crippen LogP contribution in [0.3, 0.4) is 0 Å². The van der Waals surface area contributed by atoms with E-state index < -0.39 is 5.97 Å². The summed E-state index contributed by atoms with van der Waals surface area (Å²) in [4.78, 5) is 24.3. The summed E-state index contributed by atoms with van der Waals surface area (Å²) in [6.45, 7) is 0. The fourth-order valence-electron chi connectivity index (χ4n) is 1.33. The Morgan fingerprint density at radius 1 is 1.29 bits per heavy atom. The summed E-state index contributed by atoms with van der Waals surface area (Å²) >= 11 is 0. The molecule has 1 aromatic heterocycles. The van der Waals surface area contributed by atoms with Crippen molar-refractivity contribution < 1.29 is 9.90 Å². The summed E-state index contributed by atoms with van der Waals surface area (Å²) in [6.07, 6.45) is 0. The van der Waals surface area contributed by atoms with Crippen molar-refractivity contribution in [1.82, 2.24) is 4.98 Å². The molecule has 0 radical (unpaired) electrons. The first-order chi connectivity index (χ1) is 6.68. The van der Waals surface area contributed by atoms with Crippen LogP contribution in [-0.4, -0.2) is 16.1 Å². The Morgan fingerprint density at radius 2 is 2.00 bits per heavy atom. The van der Waals surface area contributed by atoms with Crippen molar-refractivity contribution in [2.45, 2.75) is 0 Å². The van der Waals surface area contributed by atoms with Crippen LogP contribution in [0.15, 0.2) is 35.1 Å². The third kappa shape index (κ3) is 1.26. The van der Waals surface area contributed by atoms with Gasteiger partial charge in [-0.25, -0.2) is 4.79 Å². The summed E-state index contributed by atoms with van der Waals surface area (Å²) < 4.78 is 0. The number of hydrogen-bond acceptors (Lipinski definition) is 2. The second kappa shape index (κ2) is 2.99. The van der Waals surface area contributed by atoms with Crippen molar-refractivity contribution in [1.29, 1.82) is 0 Å². The van der Waals surface area contributed by atoms with E-state index in [-0.39, 0.29) is 11.3 Å². The van der Waals surface area contributed by atoms with E-state index in [1.54, 1.807) is 24.3 Å². The molecule has 1 aromatic carbocycles. The Labute approximate surface area is 78.8 Å². The molecular formula is C10H7NO3. The largest absolute Gasteiger partial charge is 0.477 e. The van der Waals surface area contributed by atoms with Gasteiger partial charge < -0.3 is 10.1 Å². The van der Waals surface area contributed by atoms with E-state index in [9.17, 15) is 9.59 Å². The Kier molecular flexibility index (Phi) is 1.81. The first-order valence-corrected chi connectivity index (χ1v) is 4.04. The summed E-state index contributed by atoms with van der Waals surface area (Å²) in [6, 6.07) is 8.29. The van der Waals surface area contributed by atoms with Crippen LogP contribution in [0.1, 0.15) is 10.5 Å². The number of fused-ring (bicyclic) bond motifs is 1. The third-order valence-electron chi connectivity index (χ3n) is 1.98. The van der Waals surface area contributed by atoms with Gasteiger partial charge in [0.15, 0.2) is 0 Å². The fourth-order valence-corrected chi connectivity index (χ4v) is 1.33. The molecule has 0 saturated carbocycles. The maximum absolute atomic E-state index is 11.4. The quantitative estimate of drug-likeness (QED) is 0.708. The molecule has 0 unspecified atom stereocenters. The molecule has 0 amide bonds. The molecule has 0 aliphatic rings. The second-order valence-electron chi connectivity index (χ2n) is 2.90. The average molecular weight is 189 g/mol. The molecule has 2 rings (SSSR count). The molecule has 0 atom stereocenters. The smallest absolute Gasteiger partial charge is 0.352 e. The molecular weight excluding hydrogens is 182 g/mol. The first-order valence-electron chi connectivity index (χ1n) is 4.04. The molecule has 0 aliphatic heterocycles. The highest BCUT2D eigenvalue weighted by atomic mass is 16.4. The van der Waals surface area contributed by atoms with Crippen molar-refractivity contribution >= 4 is 16.7 Å². The molecule has 4 heteroatoms. The number of H-pyrrole nitrogens is 1. The minimum Gasteiger partial charge on any atom is -0.477 e. The van der Waals surface area contributed by atoms with Crippen molar-refractivity contribution in [2.75, 3.05) is 0 Å². The summed E-state index contributed by atoms with van der Waals surface area (Å²) in [5.74, 6) is -1.13. The first kappa shape index (κ1) is 8.50. The number of aromatic nitrogens is 1. The van der Waals surface area contributed by atoms with Crippen LogP contribution in [0.5, 0.6) is 0 Å². The number of carboxylic acid groups (broad SMARTS) is 1. The SMILES string of the molecule is O=C(O)c1cc2ccccc2c(=O)[nH]1. The number of rotatable bonds is 1. The molecule has 14 heavy (non-hydrogen) atoms. The number of benzene rings is 1. The van der Waals surface area contributed by atoms with Gasteiger partial charge in [0.2, 0.25) is 0 Å². The van der Waals surface area contributed by atoms with Crippen molar-refractivity contribution in [3.05, 3.63) is 46.4 Å². The van der Waals surface area contributed by atoms with Crippen molar-refractivity contribution in [3.8, 4) is 0 Å². The number of aromatic carboxylic acids is 1. The van der Waals surface area contributed by atoms with E-state index >= 15 is 0 Å². The van der Waals surface area contributed by atoms with Gasteiger partial charge in [-0.15, -0.1) is 0 Å². The zero-order valence-corrected chi connectivity index (χ0v) is 7.15. The van der Waals surface area contributed by atoms with Crippen LogP contribution >= 0.6 is 0 Å². The number of nitrogens with one attached hydrogen (secondary N) is 1. The van der Waals surface area contributed by atoms with E-state index in [4.69, 9.17) is 5.11 Å². The highest BCUT2D eigenvalue weighted by molar-refractivity contribution is 5.91. The number of hydrogen-bond donors (Lipinski definition) is 2.